The number of aliphatic hydroxyl groups excluding tert-OH is 2. The molecule has 1 aromatic heterocycles. The van der Waals surface area contributed by atoms with Gasteiger partial charge in [0.25, 0.3) is 0 Å². The second-order valence-corrected chi connectivity index (χ2v) is 23.4. The Kier molecular flexibility index (Phi) is 35.0. The van der Waals surface area contributed by atoms with E-state index in [1.165, 1.54) is 134 Å². The molecular formula is C51H95N3O15P2. The van der Waals surface area contributed by atoms with E-state index in [2.05, 4.69) is 37.0 Å². The Morgan fingerprint density at radius 3 is 1.48 bits per heavy atom. The molecule has 0 amide bonds. The van der Waals surface area contributed by atoms with E-state index < -0.39 is 83.7 Å². The molecule has 1 fully saturated rings. The van der Waals surface area contributed by atoms with Crippen molar-refractivity contribution >= 4 is 33.4 Å². The first kappa shape index (κ1) is 64.9. The van der Waals surface area contributed by atoms with Crippen molar-refractivity contribution in [2.24, 2.45) is 11.8 Å². The minimum absolute atomic E-state index is 0.0573. The van der Waals surface area contributed by atoms with Crippen LogP contribution in [0.5, 0.6) is 0 Å². The lowest BCUT2D eigenvalue weighted by Gasteiger charge is -2.21. The van der Waals surface area contributed by atoms with Crippen molar-refractivity contribution in [1.82, 2.24) is 9.55 Å². The van der Waals surface area contributed by atoms with Crippen LogP contribution in [-0.2, 0) is 46.3 Å². The monoisotopic (exact) mass is 1050 g/mol. The van der Waals surface area contributed by atoms with E-state index in [1.807, 2.05) is 0 Å². The van der Waals surface area contributed by atoms with Gasteiger partial charge in [0.15, 0.2) is 12.3 Å². The number of carbonyl (C=O) groups is 2. The van der Waals surface area contributed by atoms with Gasteiger partial charge in [0.1, 0.15) is 30.7 Å². The maximum absolute atomic E-state index is 12.9. The summed E-state index contributed by atoms with van der Waals surface area (Å²) in [5.74, 6) is 0.302. The Hall–Kier alpha value is -2.24. The van der Waals surface area contributed by atoms with E-state index >= 15 is 0 Å². The molecule has 3 unspecified atom stereocenters. The van der Waals surface area contributed by atoms with Crippen molar-refractivity contribution < 1.29 is 66.3 Å². The van der Waals surface area contributed by atoms with Gasteiger partial charge < -0.3 is 39.9 Å². The predicted molar refractivity (Wildman–Crippen MR) is 275 cm³/mol. The van der Waals surface area contributed by atoms with Gasteiger partial charge in [-0.25, -0.2) is 13.9 Å². The van der Waals surface area contributed by atoms with Crippen LogP contribution in [0.15, 0.2) is 17.1 Å². The minimum Gasteiger partial charge on any atom is -0.462 e. The third kappa shape index (κ3) is 32.6. The summed E-state index contributed by atoms with van der Waals surface area (Å²) in [7, 11) is -10.8. The van der Waals surface area contributed by atoms with Crippen molar-refractivity contribution in [2.75, 3.05) is 25.6 Å². The number of rotatable bonds is 45. The molecule has 0 aliphatic carbocycles. The fourth-order valence-corrected chi connectivity index (χ4v) is 10.7. The van der Waals surface area contributed by atoms with Gasteiger partial charge in [-0.2, -0.15) is 9.29 Å². The Balaban J connectivity index is 1.76. The topological polar surface area (TPSA) is 265 Å². The molecule has 414 valence electrons. The number of nitrogen functional groups attached to an aromatic ring is 1. The highest BCUT2D eigenvalue weighted by atomic mass is 31.3. The van der Waals surface area contributed by atoms with E-state index in [4.69, 9.17) is 29.0 Å². The first-order valence-electron chi connectivity index (χ1n) is 27.3. The predicted octanol–water partition coefficient (Wildman–Crippen LogP) is 11.6. The van der Waals surface area contributed by atoms with Gasteiger partial charge in [0.2, 0.25) is 0 Å². The summed E-state index contributed by atoms with van der Waals surface area (Å²) >= 11 is 0. The van der Waals surface area contributed by atoms with Crippen LogP contribution in [0.1, 0.15) is 233 Å². The average molecular weight is 1050 g/mol. The smallest absolute Gasteiger partial charge is 0.462 e. The molecular weight excluding hydrogens is 957 g/mol. The van der Waals surface area contributed by atoms with E-state index in [0.29, 0.717) is 12.8 Å². The summed E-state index contributed by atoms with van der Waals surface area (Å²) in [5, 5.41) is 20.9. The highest BCUT2D eigenvalue weighted by Gasteiger charge is 2.46. The van der Waals surface area contributed by atoms with E-state index in [-0.39, 0.29) is 18.7 Å². The van der Waals surface area contributed by atoms with Crippen molar-refractivity contribution in [1.29, 1.82) is 0 Å². The molecule has 1 aromatic rings. The van der Waals surface area contributed by atoms with Gasteiger partial charge in [-0.1, -0.05) is 201 Å². The van der Waals surface area contributed by atoms with Gasteiger partial charge in [-0.15, -0.1) is 0 Å². The number of aromatic nitrogens is 2. The zero-order valence-corrected chi connectivity index (χ0v) is 45.7. The Bertz CT molecular complexity index is 1720. The van der Waals surface area contributed by atoms with Crippen molar-refractivity contribution in [2.45, 2.75) is 257 Å². The highest BCUT2D eigenvalue weighted by molar-refractivity contribution is 7.61. The summed E-state index contributed by atoms with van der Waals surface area (Å²) < 4.78 is 56.9. The Morgan fingerprint density at radius 2 is 1.04 bits per heavy atom. The van der Waals surface area contributed by atoms with Crippen LogP contribution in [0.4, 0.5) is 5.82 Å². The lowest BCUT2D eigenvalue weighted by molar-refractivity contribution is -0.161. The molecule has 1 aliphatic heterocycles. The number of unbranched alkanes of at least 4 members (excludes halogenated alkanes) is 25. The third-order valence-electron chi connectivity index (χ3n) is 12.8. The molecule has 2 rings (SSSR count). The van der Waals surface area contributed by atoms with E-state index in [0.717, 1.165) is 67.8 Å². The second kappa shape index (κ2) is 38.3. The molecule has 7 atom stereocenters. The van der Waals surface area contributed by atoms with E-state index in [1.54, 1.807) is 0 Å². The first-order chi connectivity index (χ1) is 33.9. The van der Waals surface area contributed by atoms with Crippen LogP contribution < -0.4 is 11.4 Å². The van der Waals surface area contributed by atoms with E-state index in [9.17, 15) is 43.5 Å². The van der Waals surface area contributed by atoms with Crippen LogP contribution in [0.3, 0.4) is 0 Å². The number of nitrogens with two attached hydrogens (primary N) is 1. The number of nitrogens with zero attached hydrogens (tertiary/aromatic N) is 2. The van der Waals surface area contributed by atoms with Crippen LogP contribution in [0.25, 0.3) is 0 Å². The fourth-order valence-electron chi connectivity index (χ4n) is 8.57. The molecule has 6 N–H and O–H groups in total. The lowest BCUT2D eigenvalue weighted by Crippen LogP contribution is -2.36. The Labute approximate surface area is 425 Å². The zero-order chi connectivity index (χ0) is 52.3. The number of hydrogen-bond donors (Lipinski definition) is 5. The van der Waals surface area contributed by atoms with Crippen LogP contribution >= 0.6 is 15.6 Å². The summed E-state index contributed by atoms with van der Waals surface area (Å²) in [6.07, 6.45) is 27.6. The number of hydrogen-bond acceptors (Lipinski definition) is 15. The quantitative estimate of drug-likeness (QED) is 0.0231. The summed E-state index contributed by atoms with van der Waals surface area (Å²) in [5.41, 5.74) is 4.60. The highest BCUT2D eigenvalue weighted by Crippen LogP contribution is 2.60. The molecule has 0 bridgehead atoms. The SMILES string of the molecule is CC(C)CCCCCCCCCCCCCCCCCCC(=O)O[C@H](COC(=O)CCCCCCCCCCCCCC(C)C)COP(=O)(O)OP(=O)(O)OC[C@H]1O[C@@H](n2ccc(N)nc2=O)C(O)[C@H]1O. The fraction of sp³-hybridized carbons (Fsp3) is 0.882. The summed E-state index contributed by atoms with van der Waals surface area (Å²) in [4.78, 5) is 62.0. The van der Waals surface area contributed by atoms with Gasteiger partial charge >= 0.3 is 33.3 Å². The largest absolute Gasteiger partial charge is 0.481 e. The minimum atomic E-state index is -5.42. The number of esters is 2. The maximum atomic E-state index is 12.9. The van der Waals surface area contributed by atoms with Gasteiger partial charge in [-0.3, -0.25) is 23.2 Å². The van der Waals surface area contributed by atoms with Gasteiger partial charge in [-0.05, 0) is 30.7 Å². The molecule has 0 aromatic carbocycles. The molecule has 71 heavy (non-hydrogen) atoms. The molecule has 1 saturated heterocycles. The molecule has 20 heteroatoms. The molecule has 18 nitrogen and oxygen atoms in total. The van der Waals surface area contributed by atoms with Crippen LogP contribution in [-0.4, -0.2) is 85.7 Å². The Morgan fingerprint density at radius 1 is 0.634 bits per heavy atom. The lowest BCUT2D eigenvalue weighted by atomic mass is 10.0. The van der Waals surface area contributed by atoms with Gasteiger partial charge in [0, 0.05) is 19.0 Å². The molecule has 0 spiro atoms. The number of phosphoric acid groups is 2. The average Bonchev–Trinajstić information content (AvgIpc) is 3.58. The van der Waals surface area contributed by atoms with Crippen molar-refractivity contribution in [3.05, 3.63) is 22.7 Å². The molecule has 1 aliphatic rings. The van der Waals surface area contributed by atoms with Crippen LogP contribution in [0, 0.1) is 11.8 Å². The first-order valence-corrected chi connectivity index (χ1v) is 30.3. The van der Waals surface area contributed by atoms with Crippen LogP contribution in [0.2, 0.25) is 0 Å². The van der Waals surface area contributed by atoms with Gasteiger partial charge in [0.05, 0.1) is 13.2 Å². The number of carbonyl (C=O) groups excluding carboxylic acids is 2. The van der Waals surface area contributed by atoms with Crippen molar-refractivity contribution in [3.8, 4) is 0 Å². The standard InChI is InChI=1S/C51H95N3O15P2/c1-41(2)32-28-24-20-16-12-9-7-5-6-8-10-14-19-23-27-31-35-47(56)67-43(38-64-46(55)34-30-26-22-18-15-11-13-17-21-25-29-33-42(3)4)39-65-70(60,61)69-71(62,63)66-40-44-48(57)49(58)50(68-44)54-37-36-45(52)53-51(54)59/h36-37,41-44,48-50,57-58H,5-35,38-40H2,1-4H3,(H,60,61)(H,62,63)(H2,52,53,59)/t43-,44-,48+,49?,50-/m1/s1. The zero-order valence-electron chi connectivity index (χ0n) is 43.9. The molecule has 0 saturated carbocycles. The number of anilines is 1. The number of ether oxygens (including phenoxy) is 3. The third-order valence-corrected chi connectivity index (χ3v) is 15.4. The molecule has 2 heterocycles. The summed E-state index contributed by atoms with van der Waals surface area (Å²) in [6, 6.07) is 1.25. The number of phosphoric ester groups is 2. The van der Waals surface area contributed by atoms with Crippen molar-refractivity contribution in [3.63, 3.8) is 0 Å². The normalized spacial score (nSPS) is 19.2. The number of aliphatic hydroxyl groups is 2. The summed E-state index contributed by atoms with van der Waals surface area (Å²) in [6.45, 7) is 6.83. The maximum Gasteiger partial charge on any atom is 0.481 e. The second-order valence-electron chi connectivity index (χ2n) is 20.4. The molecule has 0 radical (unpaired) electrons.